The van der Waals surface area contributed by atoms with Gasteiger partial charge < -0.3 is 9.47 Å². The van der Waals surface area contributed by atoms with Crippen LogP contribution in [0, 0.1) is 5.92 Å². The van der Waals surface area contributed by atoms with E-state index in [9.17, 15) is 0 Å². The van der Waals surface area contributed by atoms with Crippen molar-refractivity contribution in [2.24, 2.45) is 5.92 Å². The minimum atomic E-state index is 0.390. The van der Waals surface area contributed by atoms with Crippen molar-refractivity contribution >= 4 is 70.7 Å². The number of allylic oxidation sites excluding steroid dienone is 1. The average molecular weight is 729 g/mol. The van der Waals surface area contributed by atoms with Crippen molar-refractivity contribution in [3.05, 3.63) is 89.5 Å². The van der Waals surface area contributed by atoms with Crippen LogP contribution in [-0.2, 0) is 0 Å². The summed E-state index contributed by atoms with van der Waals surface area (Å²) >= 11 is 12.6. The van der Waals surface area contributed by atoms with Crippen molar-refractivity contribution in [2.75, 3.05) is 30.5 Å². The smallest absolute Gasteiger partial charge is 0.133 e. The van der Waals surface area contributed by atoms with Crippen LogP contribution in [0.5, 0.6) is 11.5 Å². The molecule has 0 saturated heterocycles. The number of hydrogen-bond acceptors (Lipinski definition) is 6. The minimum Gasteiger partial charge on any atom is -0.492 e. The molecule has 0 fully saturated rings. The number of unbranched alkanes of at least 4 members (excludes halogenated alkanes) is 10. The second kappa shape index (κ2) is 18.9. The number of ether oxygens (including phenoxy) is 2. The molecule has 1 atom stereocenters. The Kier molecular flexibility index (Phi) is 14.2. The van der Waals surface area contributed by atoms with Gasteiger partial charge >= 0.3 is 0 Å². The molecule has 49 heavy (non-hydrogen) atoms. The topological polar surface area (TPSA) is 18.5 Å². The summed E-state index contributed by atoms with van der Waals surface area (Å²) in [5.41, 5.74) is 6.76. The van der Waals surface area contributed by atoms with E-state index in [-0.39, 0.29) is 0 Å². The maximum Gasteiger partial charge on any atom is 0.133 e. The first-order valence-electron chi connectivity index (χ1n) is 18.5. The van der Waals surface area contributed by atoms with Gasteiger partial charge in [-0.05, 0) is 88.8 Å². The van der Waals surface area contributed by atoms with Crippen molar-refractivity contribution in [1.29, 1.82) is 0 Å². The maximum absolute atomic E-state index is 6.64. The third-order valence-electron chi connectivity index (χ3n) is 9.73. The first kappa shape index (κ1) is 36.7. The van der Waals surface area contributed by atoms with Crippen LogP contribution in [0.3, 0.4) is 0 Å². The molecule has 0 amide bonds. The molecule has 6 rings (SSSR count). The zero-order valence-corrected chi connectivity index (χ0v) is 32.5. The summed E-state index contributed by atoms with van der Waals surface area (Å²) in [6.07, 6.45) is 14.7. The molecule has 2 heterocycles. The van der Waals surface area contributed by atoms with E-state index in [1.165, 1.54) is 118 Å². The Hall–Kier alpha value is -2.12. The highest BCUT2D eigenvalue weighted by Crippen LogP contribution is 2.57. The normalized spacial score (nSPS) is 15.2. The highest BCUT2D eigenvalue weighted by molar-refractivity contribution is 8.00. The Labute approximate surface area is 314 Å². The van der Waals surface area contributed by atoms with Gasteiger partial charge in [-0.25, -0.2) is 0 Å². The second-order valence-corrected chi connectivity index (χ2v) is 16.4. The molecule has 2 nitrogen and oxygen atoms in total. The van der Waals surface area contributed by atoms with Crippen LogP contribution in [0.1, 0.15) is 101 Å². The fourth-order valence-corrected chi connectivity index (χ4v) is 9.96. The summed E-state index contributed by atoms with van der Waals surface area (Å²) in [5, 5.41) is 2.64. The first-order chi connectivity index (χ1) is 24.2. The highest BCUT2D eigenvalue weighted by Gasteiger charge is 2.33. The van der Waals surface area contributed by atoms with Gasteiger partial charge in [0, 0.05) is 21.8 Å². The maximum atomic E-state index is 6.64. The molecule has 260 valence electrons. The summed E-state index contributed by atoms with van der Waals surface area (Å²) in [6.45, 7) is 3.90. The summed E-state index contributed by atoms with van der Waals surface area (Å²) in [4.78, 5) is 3.82. The monoisotopic (exact) mass is 728 g/mol. The van der Waals surface area contributed by atoms with E-state index in [0.29, 0.717) is 5.92 Å². The Balaban J connectivity index is 1.36. The molecule has 4 aromatic carbocycles. The summed E-state index contributed by atoms with van der Waals surface area (Å²) < 4.78 is 13.3. The van der Waals surface area contributed by atoms with Crippen molar-refractivity contribution < 1.29 is 9.47 Å². The molecule has 2 aliphatic heterocycles. The Morgan fingerprint density at radius 1 is 0.612 bits per heavy atom. The third-order valence-corrected chi connectivity index (χ3v) is 12.9. The van der Waals surface area contributed by atoms with Gasteiger partial charge in [-0.3, -0.25) is 0 Å². The molecule has 6 heteroatoms. The molecule has 0 N–H and O–H groups in total. The molecular weight excluding hydrogens is 677 g/mol. The zero-order chi connectivity index (χ0) is 33.8. The quantitative estimate of drug-likeness (QED) is 0.0691. The number of fused-ring (bicyclic) bond motifs is 5. The van der Waals surface area contributed by atoms with E-state index in [2.05, 4.69) is 105 Å². The molecule has 0 saturated carbocycles. The van der Waals surface area contributed by atoms with E-state index in [0.717, 1.165) is 54.8 Å². The van der Waals surface area contributed by atoms with Crippen LogP contribution >= 0.6 is 48.8 Å². The third kappa shape index (κ3) is 9.04. The number of benzene rings is 4. The number of rotatable bonds is 18. The van der Waals surface area contributed by atoms with E-state index in [1.807, 2.05) is 23.5 Å². The highest BCUT2D eigenvalue weighted by atomic mass is 32.2. The average Bonchev–Trinajstić information content (AvgIpc) is 3.13. The number of thioether (sulfide) groups is 1. The Morgan fingerprint density at radius 2 is 1.16 bits per heavy atom. The lowest BCUT2D eigenvalue weighted by Gasteiger charge is -2.33. The van der Waals surface area contributed by atoms with Gasteiger partial charge in [-0.15, -0.1) is 11.8 Å². The van der Waals surface area contributed by atoms with Crippen LogP contribution in [-0.4, -0.2) is 30.5 Å². The molecule has 0 spiro atoms. The predicted octanol–water partition coefficient (Wildman–Crippen LogP) is 13.3. The van der Waals surface area contributed by atoms with Gasteiger partial charge in [-0.2, -0.15) is 25.3 Å². The predicted molar refractivity (Wildman–Crippen MR) is 221 cm³/mol. The van der Waals surface area contributed by atoms with Crippen molar-refractivity contribution in [1.82, 2.24) is 0 Å². The van der Waals surface area contributed by atoms with Crippen molar-refractivity contribution in [3.8, 4) is 11.5 Å². The summed E-state index contributed by atoms with van der Waals surface area (Å²) in [7, 11) is 0. The molecule has 0 unspecified atom stereocenters. The molecule has 0 radical (unpaired) electrons. The molecule has 0 aromatic heterocycles. The minimum absolute atomic E-state index is 0.390. The summed E-state index contributed by atoms with van der Waals surface area (Å²) in [5.74, 6) is 5.42. The largest absolute Gasteiger partial charge is 0.492 e. The lowest BCUT2D eigenvalue weighted by atomic mass is 9.81. The summed E-state index contributed by atoms with van der Waals surface area (Å²) in [6, 6.07) is 26.9. The van der Waals surface area contributed by atoms with Gasteiger partial charge in [0.2, 0.25) is 0 Å². The van der Waals surface area contributed by atoms with E-state index in [4.69, 9.17) is 9.47 Å². The molecule has 0 aliphatic carbocycles. The van der Waals surface area contributed by atoms with Gasteiger partial charge in [-0.1, -0.05) is 125 Å². The van der Waals surface area contributed by atoms with Crippen molar-refractivity contribution in [2.45, 2.75) is 98.7 Å². The molecular formula is C43H52O2S4. The zero-order valence-electron chi connectivity index (χ0n) is 29.1. The van der Waals surface area contributed by atoms with Gasteiger partial charge in [0.15, 0.2) is 0 Å². The first-order valence-corrected chi connectivity index (χ1v) is 21.6. The van der Waals surface area contributed by atoms with Gasteiger partial charge in [0.1, 0.15) is 11.5 Å². The fourth-order valence-electron chi connectivity index (χ4n) is 7.17. The van der Waals surface area contributed by atoms with Crippen LogP contribution in [0.4, 0.5) is 0 Å². The van der Waals surface area contributed by atoms with E-state index >= 15 is 0 Å². The van der Waals surface area contributed by atoms with Crippen LogP contribution in [0.25, 0.3) is 21.9 Å². The van der Waals surface area contributed by atoms with Crippen LogP contribution in [0.15, 0.2) is 87.5 Å². The number of hydrogen-bond donors (Lipinski definition) is 2. The number of thiol groups is 2. The Bertz CT molecular complexity index is 1640. The van der Waals surface area contributed by atoms with Crippen molar-refractivity contribution in [3.63, 3.8) is 0 Å². The van der Waals surface area contributed by atoms with Crippen LogP contribution < -0.4 is 9.47 Å². The molecule has 4 aromatic rings. The van der Waals surface area contributed by atoms with E-state index < -0.39 is 0 Å². The van der Waals surface area contributed by atoms with Gasteiger partial charge in [0.05, 0.1) is 23.0 Å². The van der Waals surface area contributed by atoms with Gasteiger partial charge in [0.25, 0.3) is 0 Å². The molecule has 2 aliphatic rings. The lowest BCUT2D eigenvalue weighted by Crippen LogP contribution is -2.14. The second-order valence-electron chi connectivity index (χ2n) is 13.4. The standard InChI is InChI=1S/C43H52O2S4/c1-31-30-48-38-25-24-32-18-10-11-19-33(32)41(38)39(31)40-34-20-16-22-36(44-26-12-6-2-4-8-14-28-46)42(34)49-43-35(40)21-17-23-37(43)45-27-13-7-3-5-9-15-29-47/h10-11,16-25,31,46-47H,2-9,12-15,26-30H2,1H3/t31-/m1/s1. The SMILES string of the molecule is C[C@@H]1CSc2ccc3ccccc3c2C1=C1c2cccc(OCCCCCCCCS)c2Sc2c(OCCCCCCCCS)cccc21. The van der Waals surface area contributed by atoms with Crippen LogP contribution in [0.2, 0.25) is 0 Å². The lowest BCUT2D eigenvalue weighted by molar-refractivity contribution is 0.296. The Morgan fingerprint density at radius 3 is 1.76 bits per heavy atom. The van der Waals surface area contributed by atoms with E-state index in [1.54, 1.807) is 0 Å². The molecule has 0 bridgehead atoms. The fraction of sp³-hybridized carbons (Fsp3) is 0.442.